The first-order valence-electron chi connectivity index (χ1n) is 10.6. The fourth-order valence-electron chi connectivity index (χ4n) is 3.42. The molecule has 0 bridgehead atoms. The summed E-state index contributed by atoms with van der Waals surface area (Å²) in [6.07, 6.45) is 4.68. The van der Waals surface area contributed by atoms with E-state index >= 15 is 0 Å². The number of aryl methyl sites for hydroxylation is 1. The maximum atomic E-state index is 12.4. The van der Waals surface area contributed by atoms with Gasteiger partial charge in [0.1, 0.15) is 0 Å². The molecule has 2 N–H and O–H groups in total. The maximum absolute atomic E-state index is 12.4. The lowest BCUT2D eigenvalue weighted by Gasteiger charge is -2.33. The molecule has 0 atom stereocenters. The number of hydrogen-bond donors (Lipinski definition) is 2. The number of unbranched alkanes of at least 4 members (excludes halogenated alkanes) is 3. The van der Waals surface area contributed by atoms with E-state index in [4.69, 9.17) is 0 Å². The number of nitrogens with zero attached hydrogens (tertiary/aromatic N) is 2. The molecule has 6 heteroatoms. The number of nitrogens with one attached hydrogen (secondary N) is 2. The van der Waals surface area contributed by atoms with Crippen LogP contribution in [0.25, 0.3) is 0 Å². The summed E-state index contributed by atoms with van der Waals surface area (Å²) in [5.74, 6) is 0.129. The molecule has 1 aromatic rings. The Kier molecular flexibility index (Phi) is 9.44. The van der Waals surface area contributed by atoms with Gasteiger partial charge < -0.3 is 10.6 Å². The van der Waals surface area contributed by atoms with Crippen molar-refractivity contribution in [1.29, 1.82) is 0 Å². The van der Waals surface area contributed by atoms with E-state index in [0.717, 1.165) is 50.4 Å². The average Bonchev–Trinajstić information content (AvgIpc) is 2.67. The first kappa shape index (κ1) is 22.4. The number of carbonyl (C=O) groups excluding carboxylic acids is 2. The van der Waals surface area contributed by atoms with E-state index in [2.05, 4.69) is 27.4 Å². The second-order valence-electron chi connectivity index (χ2n) is 7.76. The van der Waals surface area contributed by atoms with Crippen molar-refractivity contribution in [2.24, 2.45) is 0 Å². The van der Waals surface area contributed by atoms with Crippen LogP contribution in [0.15, 0.2) is 18.2 Å². The Bertz CT molecular complexity index is 639. The van der Waals surface area contributed by atoms with Crippen LogP contribution in [0, 0.1) is 13.8 Å². The molecule has 28 heavy (non-hydrogen) atoms. The molecule has 6 nitrogen and oxygen atoms in total. The Morgan fingerprint density at radius 3 is 2.21 bits per heavy atom. The van der Waals surface area contributed by atoms with E-state index in [1.807, 2.05) is 32.0 Å². The van der Waals surface area contributed by atoms with Crippen LogP contribution in [0.1, 0.15) is 43.7 Å². The first-order valence-corrected chi connectivity index (χ1v) is 10.6. The van der Waals surface area contributed by atoms with Crippen LogP contribution < -0.4 is 10.6 Å². The minimum atomic E-state index is 0.0203. The predicted octanol–water partition coefficient (Wildman–Crippen LogP) is 2.56. The van der Waals surface area contributed by atoms with Crippen molar-refractivity contribution in [3.63, 3.8) is 0 Å². The third-order valence-corrected chi connectivity index (χ3v) is 5.43. The fourth-order valence-corrected chi connectivity index (χ4v) is 3.42. The van der Waals surface area contributed by atoms with Crippen molar-refractivity contribution >= 4 is 17.5 Å². The molecule has 1 aromatic carbocycles. The van der Waals surface area contributed by atoms with Gasteiger partial charge in [-0.25, -0.2) is 0 Å². The number of hydrogen-bond acceptors (Lipinski definition) is 4. The molecular formula is C22H36N4O2. The largest absolute Gasteiger partial charge is 0.355 e. The van der Waals surface area contributed by atoms with Crippen molar-refractivity contribution in [3.8, 4) is 0 Å². The lowest BCUT2D eigenvalue weighted by molar-refractivity contribution is -0.123. The van der Waals surface area contributed by atoms with E-state index < -0.39 is 0 Å². The predicted molar refractivity (Wildman–Crippen MR) is 115 cm³/mol. The third kappa shape index (κ3) is 7.60. The summed E-state index contributed by atoms with van der Waals surface area (Å²) in [7, 11) is 0. The SMILES string of the molecule is CCCCCCNC(=O)CN1CCN(CC(=O)Nc2cccc(C)c2C)CC1. The maximum Gasteiger partial charge on any atom is 0.238 e. The smallest absolute Gasteiger partial charge is 0.238 e. The Hall–Kier alpha value is -1.92. The molecule has 0 unspecified atom stereocenters. The van der Waals surface area contributed by atoms with Gasteiger partial charge in [-0.05, 0) is 37.5 Å². The molecule has 156 valence electrons. The van der Waals surface area contributed by atoms with Crippen molar-refractivity contribution in [1.82, 2.24) is 15.1 Å². The van der Waals surface area contributed by atoms with Gasteiger partial charge in [0.05, 0.1) is 13.1 Å². The summed E-state index contributed by atoms with van der Waals surface area (Å²) < 4.78 is 0. The molecule has 0 radical (unpaired) electrons. The number of carbonyl (C=O) groups is 2. The molecule has 1 fully saturated rings. The number of amides is 2. The zero-order valence-electron chi connectivity index (χ0n) is 17.7. The molecule has 1 saturated heterocycles. The third-order valence-electron chi connectivity index (χ3n) is 5.43. The van der Waals surface area contributed by atoms with Gasteiger partial charge in [0.25, 0.3) is 0 Å². The molecule has 1 aliphatic rings. The molecule has 2 rings (SSSR count). The molecule has 1 heterocycles. The molecule has 0 aliphatic carbocycles. The molecule has 2 amide bonds. The Labute approximate surface area is 169 Å². The minimum absolute atomic E-state index is 0.0203. The Morgan fingerprint density at radius 2 is 1.57 bits per heavy atom. The highest BCUT2D eigenvalue weighted by Crippen LogP contribution is 2.17. The van der Waals surface area contributed by atoms with Crippen LogP contribution in [0.2, 0.25) is 0 Å². The monoisotopic (exact) mass is 388 g/mol. The van der Waals surface area contributed by atoms with E-state index in [0.29, 0.717) is 13.1 Å². The van der Waals surface area contributed by atoms with Gasteiger partial charge in [0, 0.05) is 38.4 Å². The van der Waals surface area contributed by atoms with E-state index in [1.54, 1.807) is 0 Å². The normalized spacial score (nSPS) is 15.4. The Balaban J connectivity index is 1.64. The summed E-state index contributed by atoms with van der Waals surface area (Å²) in [5, 5.41) is 6.03. The zero-order valence-corrected chi connectivity index (χ0v) is 17.7. The number of rotatable bonds is 10. The van der Waals surface area contributed by atoms with Gasteiger partial charge >= 0.3 is 0 Å². The number of benzene rings is 1. The highest BCUT2D eigenvalue weighted by Gasteiger charge is 2.20. The van der Waals surface area contributed by atoms with Gasteiger partial charge in [-0.1, -0.05) is 38.3 Å². The average molecular weight is 389 g/mol. The van der Waals surface area contributed by atoms with Gasteiger partial charge in [0.2, 0.25) is 11.8 Å². The van der Waals surface area contributed by atoms with Crippen LogP contribution in [0.4, 0.5) is 5.69 Å². The highest BCUT2D eigenvalue weighted by atomic mass is 16.2. The van der Waals surface area contributed by atoms with Crippen molar-refractivity contribution in [2.75, 3.05) is 51.1 Å². The van der Waals surface area contributed by atoms with Crippen molar-refractivity contribution in [3.05, 3.63) is 29.3 Å². The van der Waals surface area contributed by atoms with E-state index in [1.165, 1.54) is 24.8 Å². The van der Waals surface area contributed by atoms with Gasteiger partial charge in [0.15, 0.2) is 0 Å². The van der Waals surface area contributed by atoms with Crippen LogP contribution in [-0.2, 0) is 9.59 Å². The van der Waals surface area contributed by atoms with Gasteiger partial charge in [-0.15, -0.1) is 0 Å². The Morgan fingerprint density at radius 1 is 0.929 bits per heavy atom. The summed E-state index contributed by atoms with van der Waals surface area (Å²) in [6, 6.07) is 5.95. The highest BCUT2D eigenvalue weighted by molar-refractivity contribution is 5.93. The fraction of sp³-hybridized carbons (Fsp3) is 0.636. The molecular weight excluding hydrogens is 352 g/mol. The number of piperazine rings is 1. The zero-order chi connectivity index (χ0) is 20.4. The lowest BCUT2D eigenvalue weighted by Crippen LogP contribution is -2.51. The summed E-state index contributed by atoms with van der Waals surface area (Å²) in [5.41, 5.74) is 3.18. The van der Waals surface area contributed by atoms with Crippen LogP contribution in [0.5, 0.6) is 0 Å². The lowest BCUT2D eigenvalue weighted by atomic mass is 10.1. The molecule has 0 spiro atoms. The molecule has 0 aromatic heterocycles. The minimum Gasteiger partial charge on any atom is -0.355 e. The second kappa shape index (κ2) is 11.8. The molecule has 0 saturated carbocycles. The molecule has 1 aliphatic heterocycles. The summed E-state index contributed by atoms with van der Waals surface area (Å²) >= 11 is 0. The van der Waals surface area contributed by atoms with Crippen molar-refractivity contribution < 1.29 is 9.59 Å². The van der Waals surface area contributed by atoms with E-state index in [9.17, 15) is 9.59 Å². The second-order valence-corrected chi connectivity index (χ2v) is 7.76. The number of anilines is 1. The standard InChI is InChI=1S/C22H36N4O2/c1-4-5-6-7-11-23-21(27)16-25-12-14-26(15-13-25)17-22(28)24-20-10-8-9-18(2)19(20)3/h8-10H,4-7,11-17H2,1-3H3,(H,23,27)(H,24,28). The van der Waals surface area contributed by atoms with Crippen LogP contribution >= 0.6 is 0 Å². The van der Waals surface area contributed by atoms with Crippen LogP contribution in [-0.4, -0.2) is 67.4 Å². The van der Waals surface area contributed by atoms with Gasteiger partial charge in [-0.2, -0.15) is 0 Å². The van der Waals surface area contributed by atoms with Crippen molar-refractivity contribution in [2.45, 2.75) is 46.5 Å². The topological polar surface area (TPSA) is 64.7 Å². The quantitative estimate of drug-likeness (QED) is 0.605. The summed E-state index contributed by atoms with van der Waals surface area (Å²) in [6.45, 7) is 11.1. The van der Waals surface area contributed by atoms with Gasteiger partial charge in [-0.3, -0.25) is 19.4 Å². The first-order chi connectivity index (χ1) is 13.5. The van der Waals surface area contributed by atoms with Crippen LogP contribution in [0.3, 0.4) is 0 Å². The summed E-state index contributed by atoms with van der Waals surface area (Å²) in [4.78, 5) is 28.7. The van der Waals surface area contributed by atoms with E-state index in [-0.39, 0.29) is 11.8 Å².